The van der Waals surface area contributed by atoms with Crippen LogP contribution in [0.1, 0.15) is 5.56 Å². The molecule has 0 aliphatic rings. The van der Waals surface area contributed by atoms with Crippen LogP contribution in [0.5, 0.6) is 17.2 Å². The van der Waals surface area contributed by atoms with E-state index < -0.39 is 20.6 Å². The van der Waals surface area contributed by atoms with E-state index in [1.165, 1.54) is 63.9 Å². The quantitative estimate of drug-likeness (QED) is 0.226. The third-order valence-corrected chi connectivity index (χ3v) is 6.33. The van der Waals surface area contributed by atoms with Crippen molar-refractivity contribution in [2.45, 2.75) is 4.90 Å². The molecule has 13 heteroatoms. The van der Waals surface area contributed by atoms with Crippen molar-refractivity contribution in [2.24, 2.45) is 5.10 Å². The summed E-state index contributed by atoms with van der Waals surface area (Å²) in [7, 11) is 0.302. The number of halogens is 1. The van der Waals surface area contributed by atoms with Crippen molar-refractivity contribution in [2.75, 3.05) is 31.5 Å². The second-order valence-corrected chi connectivity index (χ2v) is 8.96. The van der Waals surface area contributed by atoms with E-state index in [1.54, 1.807) is 12.1 Å². The Bertz CT molecular complexity index is 1360. The lowest BCUT2D eigenvalue weighted by Gasteiger charge is -2.13. The maximum absolute atomic E-state index is 12.7. The molecule has 3 aromatic rings. The van der Waals surface area contributed by atoms with Gasteiger partial charge in [0.1, 0.15) is 5.69 Å². The summed E-state index contributed by atoms with van der Waals surface area (Å²) in [5.74, 6) is 1.16. The zero-order valence-electron chi connectivity index (χ0n) is 18.8. The number of benzene rings is 3. The molecule has 0 fully saturated rings. The zero-order valence-corrected chi connectivity index (χ0v) is 20.4. The highest BCUT2D eigenvalue weighted by Crippen LogP contribution is 2.39. The van der Waals surface area contributed by atoms with Crippen LogP contribution in [0.2, 0.25) is 5.02 Å². The number of hydrazone groups is 1. The first-order valence-corrected chi connectivity index (χ1v) is 11.7. The fraction of sp³-hybridized carbons (Fsp3) is 0.136. The van der Waals surface area contributed by atoms with E-state index in [0.29, 0.717) is 27.8 Å². The van der Waals surface area contributed by atoms with E-state index in [1.807, 2.05) is 0 Å². The molecular weight excluding hydrogens is 500 g/mol. The van der Waals surface area contributed by atoms with Gasteiger partial charge in [-0.05, 0) is 48.5 Å². The minimum Gasteiger partial charge on any atom is -0.493 e. The van der Waals surface area contributed by atoms with Gasteiger partial charge in [0.05, 0.1) is 37.4 Å². The van der Waals surface area contributed by atoms with Crippen LogP contribution < -0.4 is 24.4 Å². The summed E-state index contributed by atoms with van der Waals surface area (Å²) < 4.78 is 43.7. The number of sulfonamides is 1. The van der Waals surface area contributed by atoms with Crippen LogP contribution in [0.3, 0.4) is 0 Å². The van der Waals surface area contributed by atoms with Gasteiger partial charge in [-0.25, -0.2) is 8.42 Å². The number of nitro groups is 1. The van der Waals surface area contributed by atoms with Crippen LogP contribution in [0, 0.1) is 10.1 Å². The van der Waals surface area contributed by atoms with Crippen molar-refractivity contribution in [3.8, 4) is 17.2 Å². The van der Waals surface area contributed by atoms with Gasteiger partial charge >= 0.3 is 0 Å². The number of hydrogen-bond donors (Lipinski definition) is 2. The van der Waals surface area contributed by atoms with Gasteiger partial charge < -0.3 is 14.2 Å². The Morgan fingerprint density at radius 1 is 0.971 bits per heavy atom. The third-order valence-electron chi connectivity index (χ3n) is 4.70. The fourth-order valence-corrected chi connectivity index (χ4v) is 4.26. The van der Waals surface area contributed by atoms with E-state index in [2.05, 4.69) is 15.2 Å². The van der Waals surface area contributed by atoms with Crippen LogP contribution in [0.15, 0.2) is 64.6 Å². The molecule has 0 spiro atoms. The number of anilines is 2. The van der Waals surface area contributed by atoms with Crippen molar-refractivity contribution in [1.29, 1.82) is 0 Å². The summed E-state index contributed by atoms with van der Waals surface area (Å²) in [4.78, 5) is 10.6. The van der Waals surface area contributed by atoms with E-state index in [9.17, 15) is 18.5 Å². The van der Waals surface area contributed by atoms with Gasteiger partial charge in [0.25, 0.3) is 15.7 Å². The molecule has 0 radical (unpaired) electrons. The summed E-state index contributed by atoms with van der Waals surface area (Å²) >= 11 is 5.81. The molecule has 0 aromatic heterocycles. The monoisotopic (exact) mass is 520 g/mol. The minimum atomic E-state index is -4.09. The zero-order chi connectivity index (χ0) is 25.6. The molecule has 0 heterocycles. The lowest BCUT2D eigenvalue weighted by atomic mass is 10.2. The maximum Gasteiger partial charge on any atom is 0.295 e. The van der Waals surface area contributed by atoms with E-state index in [4.69, 9.17) is 25.8 Å². The molecule has 0 aliphatic carbocycles. The maximum atomic E-state index is 12.7. The van der Waals surface area contributed by atoms with Crippen molar-refractivity contribution < 1.29 is 27.6 Å². The summed E-state index contributed by atoms with van der Waals surface area (Å²) in [5.41, 5.74) is 2.83. The average Bonchev–Trinajstić information content (AvgIpc) is 2.84. The Morgan fingerprint density at radius 2 is 1.66 bits per heavy atom. The highest BCUT2D eigenvalue weighted by Gasteiger charge is 2.22. The molecule has 2 N–H and O–H groups in total. The molecule has 35 heavy (non-hydrogen) atoms. The van der Waals surface area contributed by atoms with E-state index in [0.717, 1.165) is 6.07 Å². The molecule has 3 aromatic carbocycles. The number of rotatable bonds is 10. The Labute approximate surface area is 206 Å². The van der Waals surface area contributed by atoms with Crippen LogP contribution >= 0.6 is 11.6 Å². The van der Waals surface area contributed by atoms with Crippen LogP contribution in [-0.2, 0) is 10.0 Å². The second-order valence-electron chi connectivity index (χ2n) is 6.84. The molecule has 0 saturated carbocycles. The SMILES string of the molecule is COc1ccc(/C=N/Nc2ccc(S(=O)(=O)Nc3ccc(Cl)cc3)cc2[N+](=O)[O-])c(OC)c1OC. The smallest absolute Gasteiger partial charge is 0.295 e. The number of nitrogens with one attached hydrogen (secondary N) is 2. The van der Waals surface area contributed by atoms with Crippen molar-refractivity contribution in [3.05, 3.63) is 75.3 Å². The van der Waals surface area contributed by atoms with Crippen molar-refractivity contribution in [1.82, 2.24) is 0 Å². The number of nitro benzene ring substituents is 1. The third kappa shape index (κ3) is 5.91. The Hall–Kier alpha value is -4.03. The molecule has 0 saturated heterocycles. The molecule has 0 unspecified atom stereocenters. The standard InChI is InChI=1S/C22H21ClN4O7S/c1-32-20-11-4-14(21(33-2)22(20)34-3)13-24-25-18-10-9-17(12-19(18)27(28)29)35(30,31)26-16-7-5-15(23)6-8-16/h4-13,25-26H,1-3H3/b24-13+. The highest BCUT2D eigenvalue weighted by molar-refractivity contribution is 7.92. The highest BCUT2D eigenvalue weighted by atomic mass is 35.5. The molecule has 0 bridgehead atoms. The Balaban J connectivity index is 1.87. The van der Waals surface area contributed by atoms with Crippen LogP contribution in [0.4, 0.5) is 17.1 Å². The number of nitrogens with zero attached hydrogens (tertiary/aromatic N) is 2. The minimum absolute atomic E-state index is 0.0175. The molecular formula is C22H21ClN4O7S. The predicted molar refractivity (Wildman–Crippen MR) is 133 cm³/mol. The number of ether oxygens (including phenoxy) is 3. The predicted octanol–water partition coefficient (Wildman–Crippen LogP) is 4.52. The Kier molecular flexibility index (Phi) is 7.99. The molecule has 0 amide bonds. The average molecular weight is 521 g/mol. The largest absolute Gasteiger partial charge is 0.493 e. The van der Waals surface area contributed by atoms with Crippen molar-refractivity contribution >= 4 is 44.9 Å². The first-order valence-electron chi connectivity index (χ1n) is 9.85. The summed E-state index contributed by atoms with van der Waals surface area (Å²) in [5, 5.41) is 16.1. The summed E-state index contributed by atoms with van der Waals surface area (Å²) in [6.45, 7) is 0. The molecule has 0 aliphatic heterocycles. The van der Waals surface area contributed by atoms with E-state index in [-0.39, 0.29) is 16.3 Å². The van der Waals surface area contributed by atoms with Gasteiger partial charge in [0.2, 0.25) is 5.75 Å². The van der Waals surface area contributed by atoms with Gasteiger partial charge in [-0.2, -0.15) is 5.10 Å². The van der Waals surface area contributed by atoms with Gasteiger partial charge in [0.15, 0.2) is 11.5 Å². The molecule has 0 atom stereocenters. The first kappa shape index (κ1) is 25.6. The van der Waals surface area contributed by atoms with Crippen LogP contribution in [0.25, 0.3) is 0 Å². The topological polar surface area (TPSA) is 141 Å². The fourth-order valence-electron chi connectivity index (χ4n) is 3.05. The number of methoxy groups -OCH3 is 3. The lowest BCUT2D eigenvalue weighted by Crippen LogP contribution is -2.13. The molecule has 184 valence electrons. The lowest BCUT2D eigenvalue weighted by molar-refractivity contribution is -0.384. The second kappa shape index (κ2) is 10.9. The summed E-state index contributed by atoms with van der Waals surface area (Å²) in [6.07, 6.45) is 1.37. The number of hydrogen-bond acceptors (Lipinski definition) is 9. The normalized spacial score (nSPS) is 11.2. The summed E-state index contributed by atoms with van der Waals surface area (Å²) in [6, 6.07) is 12.7. The van der Waals surface area contributed by atoms with Gasteiger partial charge in [0, 0.05) is 22.3 Å². The Morgan fingerprint density at radius 3 is 2.26 bits per heavy atom. The van der Waals surface area contributed by atoms with Crippen LogP contribution in [-0.4, -0.2) is 40.9 Å². The van der Waals surface area contributed by atoms with Gasteiger partial charge in [-0.3, -0.25) is 20.3 Å². The van der Waals surface area contributed by atoms with Crippen molar-refractivity contribution in [3.63, 3.8) is 0 Å². The van der Waals surface area contributed by atoms with Gasteiger partial charge in [-0.15, -0.1) is 0 Å². The first-order chi connectivity index (χ1) is 16.7. The molecule has 11 nitrogen and oxygen atoms in total. The van der Waals surface area contributed by atoms with Gasteiger partial charge in [-0.1, -0.05) is 11.6 Å². The molecule has 3 rings (SSSR count). The van der Waals surface area contributed by atoms with E-state index >= 15 is 0 Å².